The van der Waals surface area contributed by atoms with E-state index in [9.17, 15) is 4.79 Å². The van der Waals surface area contributed by atoms with Crippen LogP contribution >= 0.6 is 12.6 Å². The van der Waals surface area contributed by atoms with E-state index in [0.29, 0.717) is 12.3 Å². The fourth-order valence-corrected chi connectivity index (χ4v) is 3.13. The predicted octanol–water partition coefficient (Wildman–Crippen LogP) is 4.99. The summed E-state index contributed by atoms with van der Waals surface area (Å²) in [5.74, 6) is 1.63. The molecule has 2 rings (SSSR count). The van der Waals surface area contributed by atoms with Crippen LogP contribution in [0.4, 0.5) is 0 Å². The maximum absolute atomic E-state index is 11.2. The molecule has 1 nitrogen and oxygen atoms in total. The lowest BCUT2D eigenvalue weighted by atomic mass is 9.91. The molecule has 0 N–H and O–H groups in total. The van der Waals surface area contributed by atoms with Crippen molar-refractivity contribution in [2.24, 2.45) is 5.92 Å². The van der Waals surface area contributed by atoms with Gasteiger partial charge in [0.2, 0.25) is 0 Å². The molecule has 0 saturated carbocycles. The molecule has 0 aromatic heterocycles. The van der Waals surface area contributed by atoms with Gasteiger partial charge < -0.3 is 4.79 Å². The number of thiol groups is 1. The molecule has 2 heteroatoms. The van der Waals surface area contributed by atoms with Gasteiger partial charge in [-0.15, -0.1) is 0 Å². The van der Waals surface area contributed by atoms with Gasteiger partial charge in [0.1, 0.15) is 5.78 Å². The van der Waals surface area contributed by atoms with Gasteiger partial charge in [-0.3, -0.25) is 0 Å². The van der Waals surface area contributed by atoms with Crippen LogP contribution < -0.4 is 0 Å². The molecule has 112 valence electrons. The van der Waals surface area contributed by atoms with Gasteiger partial charge in [0.05, 0.1) is 0 Å². The van der Waals surface area contributed by atoms with Crippen LogP contribution in [0.1, 0.15) is 43.9 Å². The first kappa shape index (κ1) is 16.1. The van der Waals surface area contributed by atoms with Gasteiger partial charge in [0.15, 0.2) is 0 Å². The number of benzene rings is 2. The number of hydrogen-bond acceptors (Lipinski definition) is 2. The van der Waals surface area contributed by atoms with Crippen LogP contribution in [-0.4, -0.2) is 5.78 Å². The fraction of sp³-hybridized carbons (Fsp3) is 0.421. The average molecular weight is 300 g/mol. The number of Topliss-reactive ketones (excluding diaryl/α,β-unsaturated/α-hetero) is 1. The van der Waals surface area contributed by atoms with Crippen molar-refractivity contribution >= 4 is 29.2 Å². The Hall–Kier alpha value is -1.28. The van der Waals surface area contributed by atoms with Gasteiger partial charge in [0, 0.05) is 12.2 Å². The Morgan fingerprint density at radius 2 is 1.95 bits per heavy atom. The van der Waals surface area contributed by atoms with E-state index >= 15 is 0 Å². The zero-order valence-corrected chi connectivity index (χ0v) is 14.0. The molecule has 0 atom stereocenters. The highest BCUT2D eigenvalue weighted by Gasteiger charge is 2.10. The van der Waals surface area contributed by atoms with E-state index in [2.05, 4.69) is 56.8 Å². The standard InChI is InChI=1S/C19H24OS/c1-13(2)9-18-11-15(8-7-14(3)20)10-16-5-4-6-17(12-21)19(16)18/h4-6,10-11,13,21H,7-9,12H2,1-3H3. The Morgan fingerprint density at radius 1 is 1.19 bits per heavy atom. The third kappa shape index (κ3) is 4.10. The first-order chi connectivity index (χ1) is 10.0. The van der Waals surface area contributed by atoms with Gasteiger partial charge >= 0.3 is 0 Å². The zero-order chi connectivity index (χ0) is 15.4. The molecular weight excluding hydrogens is 276 g/mol. The molecule has 0 spiro atoms. The molecule has 0 unspecified atom stereocenters. The highest BCUT2D eigenvalue weighted by atomic mass is 32.1. The summed E-state index contributed by atoms with van der Waals surface area (Å²) in [7, 11) is 0. The highest BCUT2D eigenvalue weighted by molar-refractivity contribution is 7.79. The predicted molar refractivity (Wildman–Crippen MR) is 94.2 cm³/mol. The maximum Gasteiger partial charge on any atom is 0.130 e. The van der Waals surface area contributed by atoms with Crippen molar-refractivity contribution in [3.63, 3.8) is 0 Å². The summed E-state index contributed by atoms with van der Waals surface area (Å²) in [6, 6.07) is 11.0. The van der Waals surface area contributed by atoms with Gasteiger partial charge in [-0.1, -0.05) is 44.2 Å². The topological polar surface area (TPSA) is 17.1 Å². The second-order valence-electron chi connectivity index (χ2n) is 6.23. The van der Waals surface area contributed by atoms with Gasteiger partial charge in [-0.2, -0.15) is 12.6 Å². The zero-order valence-electron chi connectivity index (χ0n) is 13.1. The number of hydrogen-bond donors (Lipinski definition) is 1. The summed E-state index contributed by atoms with van der Waals surface area (Å²) in [4.78, 5) is 11.2. The lowest BCUT2D eigenvalue weighted by Gasteiger charge is -2.15. The van der Waals surface area contributed by atoms with Gasteiger partial charge in [-0.25, -0.2) is 0 Å². The van der Waals surface area contributed by atoms with Crippen molar-refractivity contribution < 1.29 is 4.79 Å². The fourth-order valence-electron chi connectivity index (χ4n) is 2.87. The molecule has 0 aliphatic carbocycles. The van der Waals surface area contributed by atoms with Crippen molar-refractivity contribution in [3.8, 4) is 0 Å². The number of rotatable bonds is 6. The molecule has 0 saturated heterocycles. The lowest BCUT2D eigenvalue weighted by Crippen LogP contribution is -2.00. The van der Waals surface area contributed by atoms with Crippen LogP contribution in [0.15, 0.2) is 30.3 Å². The highest BCUT2D eigenvalue weighted by Crippen LogP contribution is 2.28. The summed E-state index contributed by atoms with van der Waals surface area (Å²) in [6.45, 7) is 6.16. The van der Waals surface area contributed by atoms with E-state index in [-0.39, 0.29) is 5.78 Å². The maximum atomic E-state index is 11.2. The normalized spacial score (nSPS) is 11.3. The molecule has 0 aliphatic rings. The molecule has 2 aromatic rings. The van der Waals surface area contributed by atoms with Crippen LogP contribution in [0.3, 0.4) is 0 Å². The Morgan fingerprint density at radius 3 is 2.57 bits per heavy atom. The molecule has 0 aliphatic heterocycles. The summed E-state index contributed by atoms with van der Waals surface area (Å²) in [5.41, 5.74) is 3.96. The summed E-state index contributed by atoms with van der Waals surface area (Å²) in [5, 5.41) is 2.63. The van der Waals surface area contributed by atoms with E-state index < -0.39 is 0 Å². The smallest absolute Gasteiger partial charge is 0.130 e. The minimum absolute atomic E-state index is 0.254. The van der Waals surface area contributed by atoms with Crippen molar-refractivity contribution in [3.05, 3.63) is 47.0 Å². The number of ketones is 1. The lowest BCUT2D eigenvalue weighted by molar-refractivity contribution is -0.116. The number of carbonyl (C=O) groups excluding carboxylic acids is 1. The Balaban J connectivity index is 2.53. The molecule has 0 amide bonds. The molecular formula is C19H24OS. The number of fused-ring (bicyclic) bond motifs is 1. The monoisotopic (exact) mass is 300 g/mol. The first-order valence-electron chi connectivity index (χ1n) is 7.65. The van der Waals surface area contributed by atoms with Crippen LogP contribution in [0.5, 0.6) is 0 Å². The summed E-state index contributed by atoms with van der Waals surface area (Å²) >= 11 is 4.47. The van der Waals surface area contributed by atoms with Crippen molar-refractivity contribution in [1.82, 2.24) is 0 Å². The second kappa shape index (κ2) is 7.13. The van der Waals surface area contributed by atoms with Crippen LogP contribution in [0, 0.1) is 5.92 Å². The van der Waals surface area contributed by atoms with E-state index in [1.165, 1.54) is 27.5 Å². The molecule has 0 radical (unpaired) electrons. The second-order valence-corrected chi connectivity index (χ2v) is 6.54. The Bertz CT molecular complexity index is 643. The molecule has 21 heavy (non-hydrogen) atoms. The molecule has 0 bridgehead atoms. The Labute approximate surface area is 133 Å². The average Bonchev–Trinajstić information content (AvgIpc) is 2.43. The molecule has 2 aromatic carbocycles. The quantitative estimate of drug-likeness (QED) is 0.744. The van der Waals surface area contributed by atoms with E-state index in [4.69, 9.17) is 0 Å². The molecule has 0 heterocycles. The number of carbonyl (C=O) groups is 1. The van der Waals surface area contributed by atoms with Crippen molar-refractivity contribution in [2.75, 3.05) is 0 Å². The van der Waals surface area contributed by atoms with Crippen LogP contribution in [0.2, 0.25) is 0 Å². The van der Waals surface area contributed by atoms with E-state index in [0.717, 1.165) is 18.6 Å². The molecule has 0 fully saturated rings. The van der Waals surface area contributed by atoms with E-state index in [1.807, 2.05) is 0 Å². The summed E-state index contributed by atoms with van der Waals surface area (Å²) < 4.78 is 0. The van der Waals surface area contributed by atoms with Crippen LogP contribution in [0.25, 0.3) is 10.8 Å². The summed E-state index contributed by atoms with van der Waals surface area (Å²) in [6.07, 6.45) is 2.52. The third-order valence-electron chi connectivity index (χ3n) is 3.77. The van der Waals surface area contributed by atoms with Gasteiger partial charge in [0.25, 0.3) is 0 Å². The Kier molecular flexibility index (Phi) is 5.46. The van der Waals surface area contributed by atoms with Crippen molar-refractivity contribution in [2.45, 2.75) is 45.8 Å². The minimum atomic E-state index is 0.254. The third-order valence-corrected chi connectivity index (χ3v) is 4.11. The minimum Gasteiger partial charge on any atom is -0.300 e. The van der Waals surface area contributed by atoms with Crippen LogP contribution in [-0.2, 0) is 23.4 Å². The van der Waals surface area contributed by atoms with E-state index in [1.54, 1.807) is 6.92 Å². The number of aryl methyl sites for hydroxylation is 1. The largest absolute Gasteiger partial charge is 0.300 e. The first-order valence-corrected chi connectivity index (χ1v) is 8.28. The van der Waals surface area contributed by atoms with Gasteiger partial charge in [-0.05, 0) is 53.1 Å². The van der Waals surface area contributed by atoms with Crippen molar-refractivity contribution in [1.29, 1.82) is 0 Å². The SMILES string of the molecule is CC(=O)CCc1cc(CC(C)C)c2c(CS)cccc2c1.